The van der Waals surface area contributed by atoms with Crippen molar-refractivity contribution in [3.8, 4) is 5.82 Å². The number of hydrogen-bond donors (Lipinski definition) is 1. The lowest BCUT2D eigenvalue weighted by Crippen LogP contribution is -2.05. The third-order valence-corrected chi connectivity index (χ3v) is 1.85. The van der Waals surface area contributed by atoms with Gasteiger partial charge in [-0.05, 0) is 13.0 Å². The molecule has 2 aromatic heterocycles. The number of rotatable bonds is 2. The van der Waals surface area contributed by atoms with E-state index in [0.29, 0.717) is 17.2 Å². The third kappa shape index (κ3) is 1.49. The molecule has 0 aliphatic heterocycles. The topological polar surface area (TPSA) is 63.8 Å². The molecule has 2 aromatic rings. The van der Waals surface area contributed by atoms with E-state index >= 15 is 0 Å². The van der Waals surface area contributed by atoms with Crippen LogP contribution in [0, 0.1) is 6.92 Å². The highest BCUT2D eigenvalue weighted by Gasteiger charge is 2.06. The lowest BCUT2D eigenvalue weighted by molar-refractivity contribution is 0.280. The summed E-state index contributed by atoms with van der Waals surface area (Å²) in [7, 11) is 0. The number of hydrogen-bond acceptors (Lipinski definition) is 4. The molecule has 0 fully saturated rings. The van der Waals surface area contributed by atoms with Crippen LogP contribution in [0.5, 0.6) is 0 Å². The normalized spacial score (nSPS) is 10.4. The molecule has 72 valence electrons. The summed E-state index contributed by atoms with van der Waals surface area (Å²) in [6.45, 7) is 1.71. The molecule has 2 heterocycles. The zero-order valence-corrected chi connectivity index (χ0v) is 7.75. The maximum absolute atomic E-state index is 9.09. The monoisotopic (exact) mass is 190 g/mol. The van der Waals surface area contributed by atoms with E-state index in [1.165, 1.54) is 0 Å². The number of nitrogens with zero attached hydrogens (tertiary/aromatic N) is 4. The van der Waals surface area contributed by atoms with Crippen molar-refractivity contribution in [2.45, 2.75) is 13.5 Å². The summed E-state index contributed by atoms with van der Waals surface area (Å²) in [6, 6.07) is 1.80. The molecule has 0 saturated heterocycles. The average Bonchev–Trinajstić information content (AvgIpc) is 2.70. The Kier molecular flexibility index (Phi) is 2.24. The molecule has 0 unspecified atom stereocenters. The quantitative estimate of drug-likeness (QED) is 0.747. The summed E-state index contributed by atoms with van der Waals surface area (Å²) in [5.74, 6) is 1.29. The standard InChI is InChI=1S/C9H10N4O/c1-7-10-5-8(6-14)9(12-7)13-4-2-3-11-13/h2-5,14H,6H2,1H3. The van der Waals surface area contributed by atoms with E-state index in [1.807, 2.05) is 0 Å². The highest BCUT2D eigenvalue weighted by molar-refractivity contribution is 5.30. The largest absolute Gasteiger partial charge is 0.391 e. The fourth-order valence-electron chi connectivity index (χ4n) is 1.19. The average molecular weight is 190 g/mol. The molecule has 0 amide bonds. The van der Waals surface area contributed by atoms with Gasteiger partial charge in [-0.2, -0.15) is 5.10 Å². The zero-order valence-electron chi connectivity index (χ0n) is 7.75. The van der Waals surface area contributed by atoms with Crippen LogP contribution >= 0.6 is 0 Å². The van der Waals surface area contributed by atoms with E-state index in [2.05, 4.69) is 15.1 Å². The van der Waals surface area contributed by atoms with Gasteiger partial charge in [-0.3, -0.25) is 0 Å². The molecular weight excluding hydrogens is 180 g/mol. The van der Waals surface area contributed by atoms with E-state index < -0.39 is 0 Å². The Morgan fingerprint density at radius 2 is 2.36 bits per heavy atom. The minimum atomic E-state index is -0.0878. The molecule has 0 saturated carbocycles. The minimum Gasteiger partial charge on any atom is -0.391 e. The van der Waals surface area contributed by atoms with Crippen LogP contribution in [0.25, 0.3) is 5.82 Å². The van der Waals surface area contributed by atoms with Gasteiger partial charge in [-0.25, -0.2) is 14.6 Å². The van der Waals surface area contributed by atoms with Gasteiger partial charge in [0.25, 0.3) is 0 Å². The van der Waals surface area contributed by atoms with Crippen molar-refractivity contribution in [2.75, 3.05) is 0 Å². The van der Waals surface area contributed by atoms with E-state index in [0.717, 1.165) is 0 Å². The Bertz CT molecular complexity index is 424. The van der Waals surface area contributed by atoms with Crippen molar-refractivity contribution in [1.82, 2.24) is 19.7 Å². The van der Waals surface area contributed by atoms with Crippen LogP contribution in [0.4, 0.5) is 0 Å². The number of aryl methyl sites for hydroxylation is 1. The summed E-state index contributed by atoms with van der Waals surface area (Å²) in [5.41, 5.74) is 0.666. The Balaban J connectivity index is 2.55. The van der Waals surface area contributed by atoms with E-state index in [-0.39, 0.29) is 6.61 Å². The highest BCUT2D eigenvalue weighted by atomic mass is 16.3. The summed E-state index contributed by atoms with van der Waals surface area (Å²) >= 11 is 0. The van der Waals surface area contributed by atoms with Crippen molar-refractivity contribution in [3.05, 3.63) is 36.0 Å². The molecule has 5 heteroatoms. The molecule has 0 aliphatic carbocycles. The molecule has 0 atom stereocenters. The second-order valence-electron chi connectivity index (χ2n) is 2.87. The summed E-state index contributed by atoms with van der Waals surface area (Å²) in [5, 5.41) is 13.1. The molecular formula is C9H10N4O. The van der Waals surface area contributed by atoms with E-state index in [9.17, 15) is 0 Å². The fourth-order valence-corrected chi connectivity index (χ4v) is 1.19. The van der Waals surface area contributed by atoms with Gasteiger partial charge in [0.05, 0.1) is 6.61 Å². The van der Waals surface area contributed by atoms with Gasteiger partial charge >= 0.3 is 0 Å². The molecule has 0 spiro atoms. The van der Waals surface area contributed by atoms with Crippen LogP contribution in [0.1, 0.15) is 11.4 Å². The molecule has 2 rings (SSSR count). The molecule has 5 nitrogen and oxygen atoms in total. The van der Waals surface area contributed by atoms with Crippen LogP contribution in [0.3, 0.4) is 0 Å². The zero-order chi connectivity index (χ0) is 9.97. The van der Waals surface area contributed by atoms with Crippen molar-refractivity contribution in [1.29, 1.82) is 0 Å². The first-order valence-electron chi connectivity index (χ1n) is 4.24. The fraction of sp³-hybridized carbons (Fsp3) is 0.222. The van der Waals surface area contributed by atoms with Gasteiger partial charge in [0.2, 0.25) is 0 Å². The van der Waals surface area contributed by atoms with E-state index in [4.69, 9.17) is 5.11 Å². The van der Waals surface area contributed by atoms with Crippen LogP contribution in [-0.4, -0.2) is 24.9 Å². The third-order valence-electron chi connectivity index (χ3n) is 1.85. The molecule has 0 aromatic carbocycles. The molecule has 0 aliphatic rings. The van der Waals surface area contributed by atoms with Gasteiger partial charge < -0.3 is 5.11 Å². The van der Waals surface area contributed by atoms with Crippen LogP contribution < -0.4 is 0 Å². The van der Waals surface area contributed by atoms with Crippen LogP contribution in [0.15, 0.2) is 24.7 Å². The number of aliphatic hydroxyl groups excluding tert-OH is 1. The van der Waals surface area contributed by atoms with Gasteiger partial charge in [0.15, 0.2) is 5.82 Å². The summed E-state index contributed by atoms with van der Waals surface area (Å²) in [4.78, 5) is 8.22. The maximum Gasteiger partial charge on any atom is 0.162 e. The molecule has 0 bridgehead atoms. The van der Waals surface area contributed by atoms with Gasteiger partial charge in [-0.15, -0.1) is 0 Å². The number of aromatic nitrogens is 4. The summed E-state index contributed by atoms with van der Waals surface area (Å²) in [6.07, 6.45) is 5.05. The van der Waals surface area contributed by atoms with Gasteiger partial charge in [0.1, 0.15) is 5.82 Å². The first-order chi connectivity index (χ1) is 6.81. The van der Waals surface area contributed by atoms with Crippen molar-refractivity contribution in [2.24, 2.45) is 0 Å². The minimum absolute atomic E-state index is 0.0878. The Labute approximate surface area is 81.1 Å². The lowest BCUT2D eigenvalue weighted by atomic mass is 10.3. The van der Waals surface area contributed by atoms with Crippen LogP contribution in [0.2, 0.25) is 0 Å². The van der Waals surface area contributed by atoms with Crippen molar-refractivity contribution < 1.29 is 5.11 Å². The van der Waals surface area contributed by atoms with Crippen molar-refractivity contribution >= 4 is 0 Å². The highest BCUT2D eigenvalue weighted by Crippen LogP contribution is 2.09. The predicted molar refractivity (Wildman–Crippen MR) is 49.8 cm³/mol. The predicted octanol–water partition coefficient (Wildman–Crippen LogP) is 0.463. The second-order valence-corrected chi connectivity index (χ2v) is 2.87. The summed E-state index contributed by atoms with van der Waals surface area (Å²) < 4.78 is 1.61. The molecule has 0 radical (unpaired) electrons. The van der Waals surface area contributed by atoms with Gasteiger partial charge in [0, 0.05) is 24.2 Å². The smallest absolute Gasteiger partial charge is 0.162 e. The SMILES string of the molecule is Cc1ncc(CO)c(-n2cccn2)n1. The molecule has 14 heavy (non-hydrogen) atoms. The maximum atomic E-state index is 9.09. The Hall–Kier alpha value is -1.75. The van der Waals surface area contributed by atoms with E-state index in [1.54, 1.807) is 36.3 Å². The first kappa shape index (κ1) is 8.83. The first-order valence-corrected chi connectivity index (χ1v) is 4.24. The number of aliphatic hydroxyl groups is 1. The van der Waals surface area contributed by atoms with Crippen LogP contribution in [-0.2, 0) is 6.61 Å². The Morgan fingerprint density at radius 1 is 1.50 bits per heavy atom. The van der Waals surface area contributed by atoms with Gasteiger partial charge in [-0.1, -0.05) is 0 Å². The van der Waals surface area contributed by atoms with Crippen molar-refractivity contribution in [3.63, 3.8) is 0 Å². The molecule has 1 N–H and O–H groups in total. The lowest BCUT2D eigenvalue weighted by Gasteiger charge is -2.05. The Morgan fingerprint density at radius 3 is 3.00 bits per heavy atom. The second kappa shape index (κ2) is 3.55.